The summed E-state index contributed by atoms with van der Waals surface area (Å²) in [6, 6.07) is 7.82. The van der Waals surface area contributed by atoms with Gasteiger partial charge in [0.25, 0.3) is 0 Å². The molecule has 0 aliphatic carbocycles. The number of nitrogens with zero attached hydrogens (tertiary/aromatic N) is 2. The normalized spacial score (nSPS) is 14.4. The van der Waals surface area contributed by atoms with Crippen molar-refractivity contribution in [2.45, 2.75) is 46.1 Å². The van der Waals surface area contributed by atoms with Gasteiger partial charge in [-0.3, -0.25) is 0 Å². The molecule has 4 heteroatoms. The fourth-order valence-electron chi connectivity index (χ4n) is 2.22. The number of aryl methyl sites for hydroxylation is 1. The Balaban J connectivity index is 2.07. The Morgan fingerprint density at radius 2 is 1.81 bits per heavy atom. The molecule has 1 atom stereocenters. The quantitative estimate of drug-likeness (QED) is 0.853. The summed E-state index contributed by atoms with van der Waals surface area (Å²) < 4.78 is 0. The van der Waals surface area contributed by atoms with Gasteiger partial charge in [-0.05, 0) is 44.7 Å². The minimum atomic E-state index is -0.732. The molecule has 4 nitrogen and oxygen atoms in total. The summed E-state index contributed by atoms with van der Waals surface area (Å²) in [6.45, 7) is 8.62. The first-order chi connectivity index (χ1) is 9.87. The lowest BCUT2D eigenvalue weighted by atomic mass is 9.95. The van der Waals surface area contributed by atoms with E-state index in [9.17, 15) is 5.11 Å². The SMILES string of the molecule is Cc1nc2ccccc2nc1NC[C@@](C)(O)CCC(C)C. The maximum Gasteiger partial charge on any atom is 0.148 e. The van der Waals surface area contributed by atoms with E-state index in [0.29, 0.717) is 12.5 Å². The van der Waals surface area contributed by atoms with Gasteiger partial charge in [0, 0.05) is 6.54 Å². The van der Waals surface area contributed by atoms with E-state index in [2.05, 4.69) is 29.1 Å². The number of benzene rings is 1. The highest BCUT2D eigenvalue weighted by atomic mass is 16.3. The first kappa shape index (κ1) is 15.7. The molecule has 0 spiro atoms. The second-order valence-corrected chi connectivity index (χ2v) is 6.43. The van der Waals surface area contributed by atoms with Gasteiger partial charge in [-0.25, -0.2) is 9.97 Å². The van der Waals surface area contributed by atoms with Crippen molar-refractivity contribution < 1.29 is 5.11 Å². The van der Waals surface area contributed by atoms with Crippen LogP contribution in [-0.2, 0) is 0 Å². The van der Waals surface area contributed by atoms with Crippen molar-refractivity contribution in [1.82, 2.24) is 9.97 Å². The van der Waals surface area contributed by atoms with E-state index in [-0.39, 0.29) is 0 Å². The summed E-state index contributed by atoms with van der Waals surface area (Å²) in [5, 5.41) is 13.7. The number of aromatic nitrogens is 2. The zero-order chi connectivity index (χ0) is 15.5. The van der Waals surface area contributed by atoms with Gasteiger partial charge in [0.05, 0.1) is 22.3 Å². The van der Waals surface area contributed by atoms with Crippen molar-refractivity contribution in [3.8, 4) is 0 Å². The largest absolute Gasteiger partial charge is 0.388 e. The molecule has 0 fully saturated rings. The van der Waals surface area contributed by atoms with Crippen LogP contribution in [-0.4, -0.2) is 27.2 Å². The van der Waals surface area contributed by atoms with Gasteiger partial charge >= 0.3 is 0 Å². The second-order valence-electron chi connectivity index (χ2n) is 6.43. The van der Waals surface area contributed by atoms with Gasteiger partial charge in [-0.15, -0.1) is 0 Å². The third-order valence-corrected chi connectivity index (χ3v) is 3.64. The van der Waals surface area contributed by atoms with Crippen LogP contribution < -0.4 is 5.32 Å². The van der Waals surface area contributed by atoms with E-state index in [4.69, 9.17) is 0 Å². The van der Waals surface area contributed by atoms with Crippen molar-refractivity contribution in [3.05, 3.63) is 30.0 Å². The Bertz CT molecular complexity index is 608. The lowest BCUT2D eigenvalue weighted by Crippen LogP contribution is -2.34. The number of rotatable bonds is 6. The van der Waals surface area contributed by atoms with Crippen LogP contribution in [0, 0.1) is 12.8 Å². The molecule has 1 aromatic heterocycles. The standard InChI is InChI=1S/C17H25N3O/c1-12(2)9-10-17(4,21)11-18-16-13(3)19-14-7-5-6-8-15(14)20-16/h5-8,12,21H,9-11H2,1-4H3,(H,18,20)/t17-/m0/s1. The molecule has 2 rings (SSSR count). The highest BCUT2D eigenvalue weighted by Gasteiger charge is 2.21. The molecule has 2 N–H and O–H groups in total. The van der Waals surface area contributed by atoms with E-state index in [1.165, 1.54) is 0 Å². The van der Waals surface area contributed by atoms with Crippen molar-refractivity contribution >= 4 is 16.9 Å². The summed E-state index contributed by atoms with van der Waals surface area (Å²) in [4.78, 5) is 9.13. The molecule has 2 aromatic rings. The third-order valence-electron chi connectivity index (χ3n) is 3.64. The summed E-state index contributed by atoms with van der Waals surface area (Å²) in [5.74, 6) is 1.34. The average Bonchev–Trinajstić information content (AvgIpc) is 2.43. The molecule has 114 valence electrons. The van der Waals surface area contributed by atoms with Crippen LogP contribution in [0.15, 0.2) is 24.3 Å². The smallest absolute Gasteiger partial charge is 0.148 e. The molecule has 0 unspecified atom stereocenters. The van der Waals surface area contributed by atoms with Crippen LogP contribution >= 0.6 is 0 Å². The van der Waals surface area contributed by atoms with Crippen LogP contribution in [0.1, 0.15) is 39.3 Å². The fourth-order valence-corrected chi connectivity index (χ4v) is 2.22. The molecule has 0 aliphatic rings. The molecular weight excluding hydrogens is 262 g/mol. The summed E-state index contributed by atoms with van der Waals surface area (Å²) in [6.07, 6.45) is 1.79. The molecule has 0 radical (unpaired) electrons. The van der Waals surface area contributed by atoms with Crippen LogP contribution in [0.2, 0.25) is 0 Å². The van der Waals surface area contributed by atoms with Gasteiger partial charge in [-0.1, -0.05) is 26.0 Å². The zero-order valence-corrected chi connectivity index (χ0v) is 13.3. The monoisotopic (exact) mass is 287 g/mol. The fraction of sp³-hybridized carbons (Fsp3) is 0.529. The molecule has 0 amide bonds. The highest BCUT2D eigenvalue weighted by molar-refractivity contribution is 5.76. The van der Waals surface area contributed by atoms with E-state index in [1.54, 1.807) is 0 Å². The van der Waals surface area contributed by atoms with Gasteiger partial charge in [-0.2, -0.15) is 0 Å². The molecule has 0 saturated carbocycles. The first-order valence-corrected chi connectivity index (χ1v) is 7.57. The number of hydrogen-bond donors (Lipinski definition) is 2. The maximum atomic E-state index is 10.4. The predicted molar refractivity (Wildman–Crippen MR) is 87.5 cm³/mol. The number of nitrogens with one attached hydrogen (secondary N) is 1. The molecule has 0 saturated heterocycles. The Morgan fingerprint density at radius 1 is 1.19 bits per heavy atom. The topological polar surface area (TPSA) is 58.0 Å². The number of aliphatic hydroxyl groups is 1. The highest BCUT2D eigenvalue weighted by Crippen LogP contribution is 2.20. The molecule has 0 aliphatic heterocycles. The molecular formula is C17H25N3O. The lowest BCUT2D eigenvalue weighted by molar-refractivity contribution is 0.0585. The van der Waals surface area contributed by atoms with Crippen molar-refractivity contribution in [2.75, 3.05) is 11.9 Å². The Kier molecular flexibility index (Phi) is 4.78. The van der Waals surface area contributed by atoms with Gasteiger partial charge in [0.1, 0.15) is 5.82 Å². The molecule has 0 bridgehead atoms. The van der Waals surface area contributed by atoms with Gasteiger partial charge < -0.3 is 10.4 Å². The number of fused-ring (bicyclic) bond motifs is 1. The lowest BCUT2D eigenvalue weighted by Gasteiger charge is -2.25. The van der Waals surface area contributed by atoms with Crippen molar-refractivity contribution in [2.24, 2.45) is 5.92 Å². The van der Waals surface area contributed by atoms with Crippen LogP contribution in [0.25, 0.3) is 11.0 Å². The average molecular weight is 287 g/mol. The van der Waals surface area contributed by atoms with E-state index in [1.807, 2.05) is 38.1 Å². The van der Waals surface area contributed by atoms with E-state index < -0.39 is 5.60 Å². The van der Waals surface area contributed by atoms with E-state index >= 15 is 0 Å². The second kappa shape index (κ2) is 6.39. The summed E-state index contributed by atoms with van der Waals surface area (Å²) >= 11 is 0. The summed E-state index contributed by atoms with van der Waals surface area (Å²) in [5.41, 5.74) is 1.89. The third kappa shape index (κ3) is 4.39. The Labute approximate surface area is 126 Å². The van der Waals surface area contributed by atoms with Crippen LogP contribution in [0.4, 0.5) is 5.82 Å². The van der Waals surface area contributed by atoms with Crippen LogP contribution in [0.3, 0.4) is 0 Å². The van der Waals surface area contributed by atoms with Gasteiger partial charge in [0.15, 0.2) is 0 Å². The van der Waals surface area contributed by atoms with Gasteiger partial charge in [0.2, 0.25) is 0 Å². The number of anilines is 1. The minimum absolute atomic E-state index is 0.480. The maximum absolute atomic E-state index is 10.4. The Hall–Kier alpha value is -1.68. The van der Waals surface area contributed by atoms with E-state index in [0.717, 1.165) is 35.4 Å². The molecule has 1 heterocycles. The van der Waals surface area contributed by atoms with Crippen molar-refractivity contribution in [3.63, 3.8) is 0 Å². The number of hydrogen-bond acceptors (Lipinski definition) is 4. The first-order valence-electron chi connectivity index (χ1n) is 7.57. The minimum Gasteiger partial charge on any atom is -0.388 e. The Morgan fingerprint density at radius 3 is 2.43 bits per heavy atom. The number of para-hydroxylation sites is 2. The molecule has 21 heavy (non-hydrogen) atoms. The van der Waals surface area contributed by atoms with Crippen molar-refractivity contribution in [1.29, 1.82) is 0 Å². The summed E-state index contributed by atoms with van der Waals surface area (Å²) in [7, 11) is 0. The van der Waals surface area contributed by atoms with Crippen LogP contribution in [0.5, 0.6) is 0 Å². The molecule has 1 aromatic carbocycles. The zero-order valence-electron chi connectivity index (χ0n) is 13.3. The predicted octanol–water partition coefficient (Wildman–Crippen LogP) is 3.54.